The van der Waals surface area contributed by atoms with Crippen molar-refractivity contribution in [1.82, 2.24) is 10.1 Å². The number of aromatic nitrogens is 2. The molecule has 5 nitrogen and oxygen atoms in total. The van der Waals surface area contributed by atoms with Gasteiger partial charge in [-0.1, -0.05) is 17.3 Å². The van der Waals surface area contributed by atoms with Crippen LogP contribution in [0, 0.1) is 17.1 Å². The van der Waals surface area contributed by atoms with Crippen LogP contribution in [0.25, 0.3) is 0 Å². The zero-order chi connectivity index (χ0) is 15.5. The van der Waals surface area contributed by atoms with Gasteiger partial charge >= 0.3 is 0 Å². The standard InChI is InChI=1S/C15H16FN3O2/c1-15(2,10-3-5-11(16)6-4-10)14-18-13(21-19-14)9-12(20)7-8-17/h3-6,12,20H,7,9H2,1-2H3. The number of aliphatic hydroxyl groups is 1. The molecule has 0 aliphatic carbocycles. The van der Waals surface area contributed by atoms with E-state index < -0.39 is 11.5 Å². The molecule has 1 atom stereocenters. The highest BCUT2D eigenvalue weighted by Gasteiger charge is 2.29. The Hall–Kier alpha value is -2.26. The van der Waals surface area contributed by atoms with Crippen LogP contribution in [0.15, 0.2) is 28.8 Å². The highest BCUT2D eigenvalue weighted by Crippen LogP contribution is 2.29. The SMILES string of the molecule is CC(C)(c1ccc(F)cc1)c1noc(CC(O)CC#N)n1. The van der Waals surface area contributed by atoms with Crippen LogP contribution < -0.4 is 0 Å². The highest BCUT2D eigenvalue weighted by atomic mass is 19.1. The second-order valence-corrected chi connectivity index (χ2v) is 5.36. The molecule has 1 heterocycles. The van der Waals surface area contributed by atoms with Crippen LogP contribution in [-0.2, 0) is 11.8 Å². The summed E-state index contributed by atoms with van der Waals surface area (Å²) in [5.74, 6) is 0.430. The van der Waals surface area contributed by atoms with Crippen molar-refractivity contribution >= 4 is 0 Å². The Morgan fingerprint density at radius 1 is 1.38 bits per heavy atom. The highest BCUT2D eigenvalue weighted by molar-refractivity contribution is 5.30. The lowest BCUT2D eigenvalue weighted by molar-refractivity contribution is 0.167. The van der Waals surface area contributed by atoms with Crippen molar-refractivity contribution < 1.29 is 14.0 Å². The number of rotatable bonds is 5. The Morgan fingerprint density at radius 2 is 2.05 bits per heavy atom. The number of hydrogen-bond donors (Lipinski definition) is 1. The van der Waals surface area contributed by atoms with Crippen molar-refractivity contribution in [2.75, 3.05) is 0 Å². The third-order valence-corrected chi connectivity index (χ3v) is 3.33. The predicted octanol–water partition coefficient (Wildman–Crippen LogP) is 2.35. The number of aliphatic hydroxyl groups excluding tert-OH is 1. The average Bonchev–Trinajstić information content (AvgIpc) is 2.88. The first kappa shape index (κ1) is 15.1. The van der Waals surface area contributed by atoms with Gasteiger partial charge in [-0.15, -0.1) is 0 Å². The molecular weight excluding hydrogens is 273 g/mol. The maximum Gasteiger partial charge on any atom is 0.229 e. The minimum absolute atomic E-state index is 0.0130. The Morgan fingerprint density at radius 3 is 2.67 bits per heavy atom. The van der Waals surface area contributed by atoms with E-state index in [-0.39, 0.29) is 24.5 Å². The van der Waals surface area contributed by atoms with Crippen molar-refractivity contribution in [2.24, 2.45) is 0 Å². The van der Waals surface area contributed by atoms with Gasteiger partial charge in [-0.25, -0.2) is 4.39 Å². The maximum absolute atomic E-state index is 13.0. The largest absolute Gasteiger partial charge is 0.392 e. The van der Waals surface area contributed by atoms with Crippen LogP contribution in [0.4, 0.5) is 4.39 Å². The first-order valence-corrected chi connectivity index (χ1v) is 6.57. The zero-order valence-electron chi connectivity index (χ0n) is 11.9. The Kier molecular flexibility index (Phi) is 4.34. The monoisotopic (exact) mass is 289 g/mol. The average molecular weight is 289 g/mol. The molecule has 6 heteroatoms. The van der Waals surface area contributed by atoms with Crippen molar-refractivity contribution in [3.8, 4) is 6.07 Å². The summed E-state index contributed by atoms with van der Waals surface area (Å²) in [6, 6.07) is 8.00. The third-order valence-electron chi connectivity index (χ3n) is 3.33. The van der Waals surface area contributed by atoms with Gasteiger partial charge in [0.05, 0.1) is 30.4 Å². The van der Waals surface area contributed by atoms with Crippen LogP contribution in [0.1, 0.15) is 37.5 Å². The molecule has 0 aliphatic rings. The number of halogens is 1. The summed E-state index contributed by atoms with van der Waals surface area (Å²) >= 11 is 0. The van der Waals surface area contributed by atoms with Crippen LogP contribution >= 0.6 is 0 Å². The van der Waals surface area contributed by atoms with E-state index >= 15 is 0 Å². The molecule has 21 heavy (non-hydrogen) atoms. The Labute approximate surface area is 122 Å². The van der Waals surface area contributed by atoms with E-state index in [0.29, 0.717) is 5.82 Å². The van der Waals surface area contributed by atoms with E-state index in [1.54, 1.807) is 12.1 Å². The molecule has 110 valence electrons. The van der Waals surface area contributed by atoms with E-state index in [1.807, 2.05) is 19.9 Å². The van der Waals surface area contributed by atoms with E-state index in [1.165, 1.54) is 12.1 Å². The molecule has 1 N–H and O–H groups in total. The Bertz CT molecular complexity index is 644. The summed E-state index contributed by atoms with van der Waals surface area (Å²) in [6.07, 6.45) is -0.670. The van der Waals surface area contributed by atoms with E-state index in [9.17, 15) is 9.50 Å². The molecular formula is C15H16FN3O2. The predicted molar refractivity (Wildman–Crippen MR) is 72.8 cm³/mol. The summed E-state index contributed by atoms with van der Waals surface area (Å²) in [5.41, 5.74) is 0.309. The van der Waals surface area contributed by atoms with Crippen LogP contribution in [-0.4, -0.2) is 21.4 Å². The molecule has 1 aromatic carbocycles. The normalized spacial score (nSPS) is 12.9. The van der Waals surface area contributed by atoms with Crippen molar-refractivity contribution in [3.63, 3.8) is 0 Å². The fourth-order valence-electron chi connectivity index (χ4n) is 1.97. The van der Waals surface area contributed by atoms with Crippen LogP contribution in [0.3, 0.4) is 0 Å². The fraction of sp³-hybridized carbons (Fsp3) is 0.400. The quantitative estimate of drug-likeness (QED) is 0.913. The molecule has 2 aromatic rings. The molecule has 0 amide bonds. The number of benzene rings is 1. The van der Waals surface area contributed by atoms with E-state index in [0.717, 1.165) is 5.56 Å². The van der Waals surface area contributed by atoms with Crippen molar-refractivity contribution in [1.29, 1.82) is 5.26 Å². The molecule has 0 saturated carbocycles. The van der Waals surface area contributed by atoms with Crippen LogP contribution in [0.2, 0.25) is 0 Å². The molecule has 0 radical (unpaired) electrons. The smallest absolute Gasteiger partial charge is 0.229 e. The lowest BCUT2D eigenvalue weighted by Crippen LogP contribution is -2.21. The summed E-state index contributed by atoms with van der Waals surface area (Å²) in [6.45, 7) is 3.81. The fourth-order valence-corrected chi connectivity index (χ4v) is 1.97. The van der Waals surface area contributed by atoms with Gasteiger partial charge in [0.15, 0.2) is 5.82 Å². The summed E-state index contributed by atoms with van der Waals surface area (Å²) in [7, 11) is 0. The lowest BCUT2D eigenvalue weighted by atomic mass is 9.84. The second kappa shape index (κ2) is 6.02. The van der Waals surface area contributed by atoms with Gasteiger partial charge in [0.2, 0.25) is 5.89 Å². The molecule has 0 bridgehead atoms. The number of hydrogen-bond acceptors (Lipinski definition) is 5. The van der Waals surface area contributed by atoms with Crippen molar-refractivity contribution in [3.05, 3.63) is 47.4 Å². The first-order valence-electron chi connectivity index (χ1n) is 6.57. The minimum Gasteiger partial charge on any atom is -0.392 e. The van der Waals surface area contributed by atoms with Gasteiger partial charge < -0.3 is 9.63 Å². The zero-order valence-corrected chi connectivity index (χ0v) is 11.9. The van der Waals surface area contributed by atoms with Gasteiger partial charge in [0.25, 0.3) is 0 Å². The first-order chi connectivity index (χ1) is 9.93. The van der Waals surface area contributed by atoms with Gasteiger partial charge in [0.1, 0.15) is 5.82 Å². The summed E-state index contributed by atoms with van der Waals surface area (Å²) in [4.78, 5) is 4.26. The molecule has 0 aliphatic heterocycles. The molecule has 1 unspecified atom stereocenters. The second-order valence-electron chi connectivity index (χ2n) is 5.36. The van der Waals surface area contributed by atoms with E-state index in [2.05, 4.69) is 10.1 Å². The summed E-state index contributed by atoms with van der Waals surface area (Å²) < 4.78 is 18.1. The molecule has 1 aromatic heterocycles. The molecule has 0 saturated heterocycles. The van der Waals surface area contributed by atoms with Gasteiger partial charge in [-0.3, -0.25) is 0 Å². The minimum atomic E-state index is -0.822. The summed E-state index contributed by atoms with van der Waals surface area (Å²) in [5, 5.41) is 22.0. The van der Waals surface area contributed by atoms with Crippen molar-refractivity contribution in [2.45, 2.75) is 38.2 Å². The Balaban J connectivity index is 2.19. The number of nitrogens with zero attached hydrogens (tertiary/aromatic N) is 3. The molecule has 0 spiro atoms. The molecule has 2 rings (SSSR count). The number of nitriles is 1. The van der Waals surface area contributed by atoms with Gasteiger partial charge in [-0.05, 0) is 31.5 Å². The lowest BCUT2D eigenvalue weighted by Gasteiger charge is -2.20. The van der Waals surface area contributed by atoms with Gasteiger partial charge in [-0.2, -0.15) is 10.2 Å². The van der Waals surface area contributed by atoms with Crippen LogP contribution in [0.5, 0.6) is 0 Å². The topological polar surface area (TPSA) is 82.9 Å². The van der Waals surface area contributed by atoms with Gasteiger partial charge in [0, 0.05) is 0 Å². The maximum atomic E-state index is 13.0. The van der Waals surface area contributed by atoms with E-state index in [4.69, 9.17) is 9.78 Å². The third kappa shape index (κ3) is 3.44. The molecule has 0 fully saturated rings.